The molecule has 0 amide bonds. The third kappa shape index (κ3) is 1.05. The molecular weight excluding hydrogens is 208 g/mol. The number of nitrogens with zero attached hydrogens (tertiary/aromatic N) is 2. The first-order valence-corrected chi connectivity index (χ1v) is 4.73. The Hall–Kier alpha value is -2.30. The van der Waals surface area contributed by atoms with Crippen LogP contribution < -0.4 is 0 Å². The van der Waals surface area contributed by atoms with Crippen molar-refractivity contribution >= 4 is 21.9 Å². The van der Waals surface area contributed by atoms with E-state index >= 15 is 0 Å². The zero-order valence-corrected chi connectivity index (χ0v) is 8.43. The lowest BCUT2D eigenvalue weighted by Crippen LogP contribution is -1.90. The number of hydrogen-bond donors (Lipinski definition) is 2. The van der Waals surface area contributed by atoms with Gasteiger partial charge < -0.3 is 14.6 Å². The molecule has 0 saturated heterocycles. The summed E-state index contributed by atoms with van der Waals surface area (Å²) >= 11 is 0. The highest BCUT2D eigenvalue weighted by molar-refractivity contribution is 6.06. The Morgan fingerprint density at radius 1 is 1.19 bits per heavy atom. The number of phenols is 1. The van der Waals surface area contributed by atoms with E-state index in [1.54, 1.807) is 13.0 Å². The number of aromatic nitrogens is 2. The van der Waals surface area contributed by atoms with Gasteiger partial charge in [0, 0.05) is 0 Å². The van der Waals surface area contributed by atoms with Crippen molar-refractivity contribution in [2.45, 2.75) is 6.92 Å². The number of aromatic hydroxyl groups is 2. The molecule has 5 heteroatoms. The van der Waals surface area contributed by atoms with Crippen LogP contribution in [-0.2, 0) is 0 Å². The first-order chi connectivity index (χ1) is 7.66. The Labute approximate surface area is 90.0 Å². The van der Waals surface area contributed by atoms with Crippen LogP contribution >= 0.6 is 0 Å². The highest BCUT2D eigenvalue weighted by atomic mass is 16.3. The summed E-state index contributed by atoms with van der Waals surface area (Å²) in [6.45, 7) is 1.68. The van der Waals surface area contributed by atoms with Gasteiger partial charge in [0.2, 0.25) is 5.88 Å². The number of aryl methyl sites for hydroxylation is 1. The average molecular weight is 216 g/mol. The third-order valence-corrected chi connectivity index (χ3v) is 2.47. The van der Waals surface area contributed by atoms with Crippen LogP contribution in [0.4, 0.5) is 0 Å². The second-order valence-corrected chi connectivity index (χ2v) is 3.55. The van der Waals surface area contributed by atoms with E-state index in [0.29, 0.717) is 27.7 Å². The summed E-state index contributed by atoms with van der Waals surface area (Å²) < 4.78 is 5.26. The molecule has 0 radical (unpaired) electrons. The number of benzene rings is 1. The molecule has 0 bridgehead atoms. The fraction of sp³-hybridized carbons (Fsp3) is 0.0909. The predicted octanol–water partition coefficient (Wildman–Crippen LogP) is 2.10. The van der Waals surface area contributed by atoms with Crippen LogP contribution in [0.2, 0.25) is 0 Å². The SMILES string of the molecule is Cc1nc(O)c2cc(O)c3ccoc3c2n1. The smallest absolute Gasteiger partial charge is 0.222 e. The van der Waals surface area contributed by atoms with Gasteiger partial charge in [0.25, 0.3) is 0 Å². The van der Waals surface area contributed by atoms with Gasteiger partial charge in [-0.1, -0.05) is 0 Å². The Kier molecular flexibility index (Phi) is 1.60. The lowest BCUT2D eigenvalue weighted by molar-refractivity contribution is 0.455. The molecule has 0 atom stereocenters. The molecule has 16 heavy (non-hydrogen) atoms. The molecule has 80 valence electrons. The number of phenolic OH excluding ortho intramolecular Hbond substituents is 1. The topological polar surface area (TPSA) is 79.4 Å². The molecule has 3 rings (SSSR count). The monoisotopic (exact) mass is 216 g/mol. The molecule has 5 nitrogen and oxygen atoms in total. The van der Waals surface area contributed by atoms with Gasteiger partial charge in [-0.25, -0.2) is 4.98 Å². The summed E-state index contributed by atoms with van der Waals surface area (Å²) in [6, 6.07) is 3.08. The number of furan rings is 1. The Bertz CT molecular complexity index is 703. The second kappa shape index (κ2) is 2.85. The van der Waals surface area contributed by atoms with Crippen LogP contribution in [0, 0.1) is 6.92 Å². The minimum Gasteiger partial charge on any atom is -0.507 e. The molecule has 0 unspecified atom stereocenters. The van der Waals surface area contributed by atoms with Crippen molar-refractivity contribution in [2.75, 3.05) is 0 Å². The molecular formula is C11H8N2O3. The lowest BCUT2D eigenvalue weighted by Gasteiger charge is -2.03. The maximum absolute atomic E-state index is 9.73. The summed E-state index contributed by atoms with van der Waals surface area (Å²) in [5.41, 5.74) is 0.957. The van der Waals surface area contributed by atoms with Crippen LogP contribution in [-0.4, -0.2) is 20.2 Å². The van der Waals surface area contributed by atoms with Gasteiger partial charge in [-0.3, -0.25) is 0 Å². The summed E-state index contributed by atoms with van der Waals surface area (Å²) in [5, 5.41) is 20.3. The first-order valence-electron chi connectivity index (χ1n) is 4.73. The second-order valence-electron chi connectivity index (χ2n) is 3.55. The Morgan fingerprint density at radius 2 is 2.00 bits per heavy atom. The number of hydrogen-bond acceptors (Lipinski definition) is 5. The summed E-state index contributed by atoms with van der Waals surface area (Å²) in [7, 11) is 0. The molecule has 2 N–H and O–H groups in total. The molecule has 0 aliphatic rings. The maximum atomic E-state index is 9.73. The van der Waals surface area contributed by atoms with Crippen molar-refractivity contribution < 1.29 is 14.6 Å². The van der Waals surface area contributed by atoms with Crippen LogP contribution in [0.15, 0.2) is 22.8 Å². The minimum atomic E-state index is -0.156. The zero-order valence-electron chi connectivity index (χ0n) is 8.43. The van der Waals surface area contributed by atoms with E-state index in [4.69, 9.17) is 4.42 Å². The molecule has 2 heterocycles. The van der Waals surface area contributed by atoms with Gasteiger partial charge in [-0.2, -0.15) is 4.98 Å². The lowest BCUT2D eigenvalue weighted by atomic mass is 10.1. The van der Waals surface area contributed by atoms with Crippen LogP contribution in [0.3, 0.4) is 0 Å². The van der Waals surface area contributed by atoms with Gasteiger partial charge >= 0.3 is 0 Å². The van der Waals surface area contributed by atoms with E-state index < -0.39 is 0 Å². The maximum Gasteiger partial charge on any atom is 0.222 e. The molecule has 0 aliphatic heterocycles. The molecule has 0 saturated carbocycles. The third-order valence-electron chi connectivity index (χ3n) is 2.47. The molecule has 0 fully saturated rings. The molecule has 1 aromatic carbocycles. The highest BCUT2D eigenvalue weighted by Crippen LogP contribution is 2.35. The largest absolute Gasteiger partial charge is 0.507 e. The van der Waals surface area contributed by atoms with Gasteiger partial charge in [0.15, 0.2) is 5.58 Å². The predicted molar refractivity (Wildman–Crippen MR) is 57.4 cm³/mol. The van der Waals surface area contributed by atoms with Crippen molar-refractivity contribution in [2.24, 2.45) is 0 Å². The molecule has 2 aromatic heterocycles. The van der Waals surface area contributed by atoms with E-state index in [0.717, 1.165) is 0 Å². The minimum absolute atomic E-state index is 0.0407. The van der Waals surface area contributed by atoms with Crippen LogP contribution in [0.1, 0.15) is 5.82 Å². The van der Waals surface area contributed by atoms with Gasteiger partial charge in [-0.05, 0) is 19.1 Å². The summed E-state index contributed by atoms with van der Waals surface area (Å²) in [4.78, 5) is 8.03. The summed E-state index contributed by atoms with van der Waals surface area (Å²) in [5.74, 6) is 0.337. The van der Waals surface area contributed by atoms with Gasteiger partial charge in [0.05, 0.1) is 17.0 Å². The van der Waals surface area contributed by atoms with E-state index in [2.05, 4.69) is 9.97 Å². The standard InChI is InChI=1S/C11H8N2O3/c1-5-12-9-7(11(15)13-5)4-8(14)6-2-3-16-10(6)9/h2-4,14H,1H3,(H,12,13,15). The van der Waals surface area contributed by atoms with Crippen molar-refractivity contribution in [3.8, 4) is 11.6 Å². The highest BCUT2D eigenvalue weighted by Gasteiger charge is 2.13. The van der Waals surface area contributed by atoms with Crippen LogP contribution in [0.25, 0.3) is 21.9 Å². The van der Waals surface area contributed by atoms with Gasteiger partial charge in [0.1, 0.15) is 17.1 Å². The first kappa shape index (κ1) is 8.96. The van der Waals surface area contributed by atoms with Crippen molar-refractivity contribution in [3.05, 3.63) is 24.2 Å². The molecule has 0 aliphatic carbocycles. The van der Waals surface area contributed by atoms with E-state index in [9.17, 15) is 10.2 Å². The number of fused-ring (bicyclic) bond motifs is 3. The average Bonchev–Trinajstić information content (AvgIpc) is 2.69. The Morgan fingerprint density at radius 3 is 2.81 bits per heavy atom. The van der Waals surface area contributed by atoms with E-state index in [-0.39, 0.29) is 11.6 Å². The fourth-order valence-electron chi connectivity index (χ4n) is 1.78. The molecule has 3 aromatic rings. The van der Waals surface area contributed by atoms with Crippen molar-refractivity contribution in [1.82, 2.24) is 9.97 Å². The van der Waals surface area contributed by atoms with E-state index in [1.165, 1.54) is 12.3 Å². The van der Waals surface area contributed by atoms with Crippen molar-refractivity contribution in [1.29, 1.82) is 0 Å². The fourth-order valence-corrected chi connectivity index (χ4v) is 1.78. The van der Waals surface area contributed by atoms with E-state index in [1.807, 2.05) is 0 Å². The quantitative estimate of drug-likeness (QED) is 0.601. The molecule has 0 spiro atoms. The normalized spacial score (nSPS) is 11.3. The summed E-state index contributed by atoms with van der Waals surface area (Å²) in [6.07, 6.45) is 1.47. The van der Waals surface area contributed by atoms with Crippen molar-refractivity contribution in [3.63, 3.8) is 0 Å². The van der Waals surface area contributed by atoms with Gasteiger partial charge in [-0.15, -0.1) is 0 Å². The van der Waals surface area contributed by atoms with Crippen LogP contribution in [0.5, 0.6) is 11.6 Å². The zero-order chi connectivity index (χ0) is 11.3. The Balaban J connectivity index is 2.64. The number of rotatable bonds is 0.